The average molecular weight is 328 g/mol. The fourth-order valence-corrected chi connectivity index (χ4v) is 5.14. The predicted molar refractivity (Wildman–Crippen MR) is 77.9 cm³/mol. The molecule has 3 rings (SSSR count). The van der Waals surface area contributed by atoms with Gasteiger partial charge in [-0.25, -0.2) is 0 Å². The highest BCUT2D eigenvalue weighted by atomic mass is 79.9. The van der Waals surface area contributed by atoms with Crippen molar-refractivity contribution in [3.8, 4) is 0 Å². The summed E-state index contributed by atoms with van der Waals surface area (Å²) >= 11 is 12.4. The molecule has 1 nitrogen and oxygen atoms in total. The first kappa shape index (κ1) is 10.8. The largest absolute Gasteiger partial charge is 0.345 e. The summed E-state index contributed by atoms with van der Waals surface area (Å²) in [6, 6.07) is 10.3. The second-order valence-corrected chi connectivity index (χ2v) is 7.45. The summed E-state index contributed by atoms with van der Waals surface area (Å²) in [5.74, 6) is 0. The summed E-state index contributed by atoms with van der Waals surface area (Å²) in [5.41, 5.74) is 2.21. The Hall–Kier alpha value is -0.360. The van der Waals surface area contributed by atoms with Crippen LogP contribution in [0.15, 0.2) is 43.2 Å². The summed E-state index contributed by atoms with van der Waals surface area (Å²) in [6.07, 6.45) is 0. The zero-order chi connectivity index (χ0) is 11.1. The number of hydrogen-bond acceptors (Lipinski definition) is 3. The number of fused-ring (bicyclic) bond motifs is 2. The molecule has 5 heteroatoms. The molecule has 2 heterocycles. The Morgan fingerprint density at radius 3 is 2.94 bits per heavy atom. The third-order valence-corrected chi connectivity index (χ3v) is 5.49. The van der Waals surface area contributed by atoms with Crippen molar-refractivity contribution in [2.24, 2.45) is 0 Å². The SMILES string of the molecule is S=C1Nc2ccccc2Sc2sc(Br)cc21. The van der Waals surface area contributed by atoms with Crippen LogP contribution in [-0.4, -0.2) is 4.99 Å². The number of nitrogens with one attached hydrogen (secondary N) is 1. The van der Waals surface area contributed by atoms with Crippen molar-refractivity contribution in [1.82, 2.24) is 0 Å². The van der Waals surface area contributed by atoms with Crippen LogP contribution >= 0.6 is 51.2 Å². The van der Waals surface area contributed by atoms with E-state index in [0.717, 1.165) is 20.0 Å². The molecule has 1 aromatic heterocycles. The molecule has 0 radical (unpaired) electrons. The van der Waals surface area contributed by atoms with Gasteiger partial charge in [-0.15, -0.1) is 11.3 Å². The van der Waals surface area contributed by atoms with Crippen LogP contribution in [0.1, 0.15) is 5.56 Å². The summed E-state index contributed by atoms with van der Waals surface area (Å²) < 4.78 is 2.36. The van der Waals surface area contributed by atoms with Gasteiger partial charge in [-0.05, 0) is 34.1 Å². The fourth-order valence-electron chi connectivity index (χ4n) is 1.53. The smallest absolute Gasteiger partial charge is 0.113 e. The van der Waals surface area contributed by atoms with Crippen LogP contribution in [0.3, 0.4) is 0 Å². The number of halogens is 1. The third kappa shape index (κ3) is 1.82. The van der Waals surface area contributed by atoms with Crippen LogP contribution in [0, 0.1) is 0 Å². The van der Waals surface area contributed by atoms with Gasteiger partial charge in [0.15, 0.2) is 0 Å². The molecule has 0 bridgehead atoms. The lowest BCUT2D eigenvalue weighted by Gasteiger charge is -2.05. The average Bonchev–Trinajstić information content (AvgIpc) is 2.57. The normalized spacial score (nSPS) is 13.7. The summed E-state index contributed by atoms with van der Waals surface area (Å²) in [4.78, 5) is 2.02. The van der Waals surface area contributed by atoms with E-state index in [1.54, 1.807) is 23.1 Å². The number of thiophene rings is 1. The number of anilines is 1. The minimum atomic E-state index is 0.800. The Labute approximate surface area is 115 Å². The van der Waals surface area contributed by atoms with Gasteiger partial charge >= 0.3 is 0 Å². The highest BCUT2D eigenvalue weighted by Gasteiger charge is 2.19. The van der Waals surface area contributed by atoms with Crippen molar-refractivity contribution in [2.75, 3.05) is 5.32 Å². The van der Waals surface area contributed by atoms with E-state index in [9.17, 15) is 0 Å². The minimum absolute atomic E-state index is 0.800. The number of rotatable bonds is 0. The maximum absolute atomic E-state index is 5.40. The molecule has 0 fully saturated rings. The molecule has 80 valence electrons. The van der Waals surface area contributed by atoms with E-state index in [1.165, 1.54) is 9.10 Å². The standard InChI is InChI=1S/C11H6BrNS3/c12-9-5-6-10(14)13-7-3-1-2-4-8(7)15-11(6)16-9/h1-5H,(H,13,14). The molecule has 0 saturated carbocycles. The van der Waals surface area contributed by atoms with Crippen LogP contribution in [0.25, 0.3) is 0 Å². The number of hydrogen-bond donors (Lipinski definition) is 1. The second-order valence-electron chi connectivity index (χ2n) is 3.30. The Balaban J connectivity index is 2.17. The molecule has 0 aliphatic carbocycles. The van der Waals surface area contributed by atoms with Crippen LogP contribution < -0.4 is 5.32 Å². The quantitative estimate of drug-likeness (QED) is 0.700. The van der Waals surface area contributed by atoms with Crippen molar-refractivity contribution in [2.45, 2.75) is 9.10 Å². The Kier molecular flexibility index (Phi) is 2.79. The van der Waals surface area contributed by atoms with Gasteiger partial charge in [0.1, 0.15) is 4.99 Å². The second kappa shape index (κ2) is 4.14. The van der Waals surface area contributed by atoms with Crippen LogP contribution in [0.2, 0.25) is 0 Å². The van der Waals surface area contributed by atoms with Crippen LogP contribution in [0.4, 0.5) is 5.69 Å². The van der Waals surface area contributed by atoms with Gasteiger partial charge in [0.2, 0.25) is 0 Å². The van der Waals surface area contributed by atoms with Crippen molar-refractivity contribution in [1.29, 1.82) is 0 Å². The molecule has 1 aliphatic rings. The van der Waals surface area contributed by atoms with E-state index in [2.05, 4.69) is 39.4 Å². The monoisotopic (exact) mass is 327 g/mol. The van der Waals surface area contributed by atoms with Gasteiger partial charge in [-0.2, -0.15) is 0 Å². The van der Waals surface area contributed by atoms with E-state index in [1.807, 2.05) is 12.1 Å². The third-order valence-electron chi connectivity index (χ3n) is 2.25. The van der Waals surface area contributed by atoms with Gasteiger partial charge in [-0.3, -0.25) is 0 Å². The van der Waals surface area contributed by atoms with E-state index in [-0.39, 0.29) is 0 Å². The molecule has 1 N–H and O–H groups in total. The first-order valence-electron chi connectivity index (χ1n) is 4.61. The lowest BCUT2D eigenvalue weighted by molar-refractivity contribution is 1.45. The molecule has 0 unspecified atom stereocenters. The van der Waals surface area contributed by atoms with E-state index in [4.69, 9.17) is 12.2 Å². The maximum Gasteiger partial charge on any atom is 0.113 e. The van der Waals surface area contributed by atoms with Gasteiger partial charge in [0, 0.05) is 10.5 Å². The Morgan fingerprint density at radius 1 is 1.25 bits per heavy atom. The molecule has 0 spiro atoms. The summed E-state index contributed by atoms with van der Waals surface area (Å²) in [6.45, 7) is 0. The molecular weight excluding hydrogens is 322 g/mol. The van der Waals surface area contributed by atoms with Crippen molar-refractivity contribution >= 4 is 61.9 Å². The molecule has 1 aromatic carbocycles. The molecule has 1 aliphatic heterocycles. The van der Waals surface area contributed by atoms with Crippen molar-refractivity contribution in [3.63, 3.8) is 0 Å². The van der Waals surface area contributed by atoms with Crippen molar-refractivity contribution in [3.05, 3.63) is 39.7 Å². The predicted octanol–water partition coefficient (Wildman–Crippen LogP) is 4.76. The minimum Gasteiger partial charge on any atom is -0.345 e. The fraction of sp³-hybridized carbons (Fsp3) is 0. The maximum atomic E-state index is 5.40. The first-order valence-corrected chi connectivity index (χ1v) is 7.45. The first-order chi connectivity index (χ1) is 7.74. The lowest BCUT2D eigenvalue weighted by Crippen LogP contribution is -2.08. The van der Waals surface area contributed by atoms with Crippen LogP contribution in [0.5, 0.6) is 0 Å². The number of benzene rings is 1. The molecule has 2 aromatic rings. The van der Waals surface area contributed by atoms with E-state index in [0.29, 0.717) is 0 Å². The highest BCUT2D eigenvalue weighted by molar-refractivity contribution is 9.11. The van der Waals surface area contributed by atoms with Crippen molar-refractivity contribution < 1.29 is 0 Å². The van der Waals surface area contributed by atoms with E-state index < -0.39 is 0 Å². The molecular formula is C11H6BrNS3. The highest BCUT2D eigenvalue weighted by Crippen LogP contribution is 2.44. The van der Waals surface area contributed by atoms with Gasteiger partial charge < -0.3 is 5.32 Å². The Bertz CT molecular complexity index is 576. The number of para-hydroxylation sites is 1. The van der Waals surface area contributed by atoms with Crippen LogP contribution in [-0.2, 0) is 0 Å². The van der Waals surface area contributed by atoms with Gasteiger partial charge in [0.05, 0.1) is 13.7 Å². The van der Waals surface area contributed by atoms with Gasteiger partial charge in [-0.1, -0.05) is 36.1 Å². The zero-order valence-electron chi connectivity index (χ0n) is 7.99. The summed E-state index contributed by atoms with van der Waals surface area (Å²) in [5, 5.41) is 3.29. The molecule has 0 saturated heterocycles. The van der Waals surface area contributed by atoms with Gasteiger partial charge in [0.25, 0.3) is 0 Å². The zero-order valence-corrected chi connectivity index (χ0v) is 12.0. The lowest BCUT2D eigenvalue weighted by atomic mass is 10.3. The molecule has 16 heavy (non-hydrogen) atoms. The number of thiocarbonyl (C=S) groups is 1. The Morgan fingerprint density at radius 2 is 2.06 bits per heavy atom. The molecule has 0 atom stereocenters. The summed E-state index contributed by atoms with van der Waals surface area (Å²) in [7, 11) is 0. The molecule has 0 amide bonds. The van der Waals surface area contributed by atoms with E-state index >= 15 is 0 Å². The topological polar surface area (TPSA) is 12.0 Å².